The highest BCUT2D eigenvalue weighted by Gasteiger charge is 2.34. The van der Waals surface area contributed by atoms with Gasteiger partial charge in [-0.15, -0.1) is 10.2 Å². The minimum Gasteiger partial charge on any atom is -0.377 e. The number of pyridine rings is 2. The Bertz CT molecular complexity index is 1310. The van der Waals surface area contributed by atoms with Crippen LogP contribution in [0.5, 0.6) is 0 Å². The quantitative estimate of drug-likeness (QED) is 0.431. The normalized spacial score (nSPS) is 19.8. The number of ether oxygens (including phenoxy) is 1. The lowest BCUT2D eigenvalue weighted by molar-refractivity contribution is -0.138. The maximum Gasteiger partial charge on any atom is 0.421 e. The molecule has 1 amide bonds. The van der Waals surface area contributed by atoms with Crippen molar-refractivity contribution in [2.24, 2.45) is 0 Å². The van der Waals surface area contributed by atoms with Crippen LogP contribution in [0.2, 0.25) is 0 Å². The first-order valence-corrected chi connectivity index (χ1v) is 11.6. The summed E-state index contributed by atoms with van der Waals surface area (Å²) in [5.74, 6) is 0.518. The fraction of sp³-hybridized carbons (Fsp3) is 0.391. The zero-order chi connectivity index (χ0) is 26.0. The SMILES string of the molecule is O=C(NC1COC1)c1cnc(N[C@H]2CC[C@H](Nc3ccc(-n4cccc(C(F)(F)F)c4=O)cn3)C2)nn1. The van der Waals surface area contributed by atoms with Crippen LogP contribution in [0.15, 0.2) is 47.7 Å². The van der Waals surface area contributed by atoms with E-state index in [9.17, 15) is 22.8 Å². The molecule has 11 nitrogen and oxygen atoms in total. The van der Waals surface area contributed by atoms with Crippen LogP contribution in [0, 0.1) is 0 Å². The molecule has 2 atom stereocenters. The van der Waals surface area contributed by atoms with Gasteiger partial charge in [0.05, 0.1) is 37.3 Å². The number of halogens is 3. The van der Waals surface area contributed by atoms with Gasteiger partial charge in [0.1, 0.15) is 11.4 Å². The molecule has 3 aromatic rings. The van der Waals surface area contributed by atoms with Gasteiger partial charge in [0.15, 0.2) is 5.69 Å². The fourth-order valence-electron chi connectivity index (χ4n) is 4.19. The maximum absolute atomic E-state index is 13.0. The van der Waals surface area contributed by atoms with Gasteiger partial charge in [-0.25, -0.2) is 9.97 Å². The predicted molar refractivity (Wildman–Crippen MR) is 125 cm³/mol. The van der Waals surface area contributed by atoms with Crippen LogP contribution in [0.1, 0.15) is 35.3 Å². The molecule has 1 saturated carbocycles. The lowest BCUT2D eigenvalue weighted by Crippen LogP contribution is -2.48. The number of nitrogens with zero attached hydrogens (tertiary/aromatic N) is 5. The van der Waals surface area contributed by atoms with Crippen molar-refractivity contribution in [3.63, 3.8) is 0 Å². The molecule has 0 bridgehead atoms. The Hall–Kier alpha value is -4.07. The lowest BCUT2D eigenvalue weighted by Gasteiger charge is -2.26. The van der Waals surface area contributed by atoms with Crippen LogP contribution in [0.25, 0.3) is 5.69 Å². The Labute approximate surface area is 208 Å². The molecule has 3 N–H and O–H groups in total. The number of carbonyl (C=O) groups excluding carboxylic acids is 1. The predicted octanol–water partition coefficient (Wildman–Crippen LogP) is 2.01. The van der Waals surface area contributed by atoms with E-state index in [1.165, 1.54) is 30.7 Å². The number of aromatic nitrogens is 5. The zero-order valence-corrected chi connectivity index (χ0v) is 19.4. The maximum atomic E-state index is 13.0. The Balaban J connectivity index is 1.15. The van der Waals surface area contributed by atoms with Gasteiger partial charge in [-0.05, 0) is 43.5 Å². The Morgan fingerprint density at radius 1 is 1.00 bits per heavy atom. The number of hydrogen-bond acceptors (Lipinski definition) is 9. The van der Waals surface area contributed by atoms with Crippen molar-refractivity contribution in [1.82, 2.24) is 30.0 Å². The number of anilines is 2. The number of nitrogens with one attached hydrogen (secondary N) is 3. The Kier molecular flexibility index (Phi) is 6.74. The molecule has 1 saturated heterocycles. The van der Waals surface area contributed by atoms with Crippen LogP contribution < -0.4 is 21.5 Å². The molecule has 2 fully saturated rings. The molecule has 37 heavy (non-hydrogen) atoms. The monoisotopic (exact) mass is 516 g/mol. The van der Waals surface area contributed by atoms with Gasteiger partial charge in [-0.2, -0.15) is 13.2 Å². The molecule has 4 heterocycles. The molecule has 0 aromatic carbocycles. The topological polar surface area (TPSA) is 136 Å². The van der Waals surface area contributed by atoms with E-state index >= 15 is 0 Å². The van der Waals surface area contributed by atoms with Crippen molar-refractivity contribution in [1.29, 1.82) is 0 Å². The number of amides is 1. The zero-order valence-electron chi connectivity index (χ0n) is 19.4. The number of rotatable bonds is 7. The largest absolute Gasteiger partial charge is 0.421 e. The summed E-state index contributed by atoms with van der Waals surface area (Å²) in [4.78, 5) is 32.8. The third-order valence-corrected chi connectivity index (χ3v) is 6.16. The van der Waals surface area contributed by atoms with E-state index in [4.69, 9.17) is 4.74 Å². The van der Waals surface area contributed by atoms with E-state index in [0.717, 1.165) is 29.9 Å². The molecule has 194 valence electrons. The first kappa shape index (κ1) is 24.6. The smallest absolute Gasteiger partial charge is 0.377 e. The molecule has 0 spiro atoms. The highest BCUT2D eigenvalue weighted by Crippen LogP contribution is 2.27. The van der Waals surface area contributed by atoms with E-state index in [-0.39, 0.29) is 35.4 Å². The minimum absolute atomic E-state index is 0.00999. The summed E-state index contributed by atoms with van der Waals surface area (Å²) in [5, 5.41) is 17.2. The Morgan fingerprint density at radius 2 is 1.78 bits per heavy atom. The molecule has 2 aliphatic rings. The van der Waals surface area contributed by atoms with Gasteiger partial charge < -0.3 is 20.7 Å². The van der Waals surface area contributed by atoms with Crippen molar-refractivity contribution < 1.29 is 22.7 Å². The molecule has 1 aliphatic carbocycles. The third-order valence-electron chi connectivity index (χ3n) is 6.16. The summed E-state index contributed by atoms with van der Waals surface area (Å²) in [6.07, 6.45) is 1.68. The van der Waals surface area contributed by atoms with Gasteiger partial charge in [0.2, 0.25) is 5.95 Å². The first-order chi connectivity index (χ1) is 17.8. The standard InChI is InChI=1S/C23H23F3N8O3/c24-23(25,26)17-2-1-7-34(21(17)36)16-5-6-19(27-9-16)29-13-3-4-14(8-13)31-22-28-10-18(32-33-22)20(35)30-15-11-37-12-15/h1-2,5-7,9-10,13-15H,3-4,8,11-12H2,(H,27,29)(H,30,35)(H,28,31,33)/t13-,14-/m0/s1. The van der Waals surface area contributed by atoms with Crippen molar-refractivity contribution in [3.8, 4) is 5.69 Å². The fourth-order valence-corrected chi connectivity index (χ4v) is 4.19. The summed E-state index contributed by atoms with van der Waals surface area (Å²) in [6.45, 7) is 0.970. The van der Waals surface area contributed by atoms with Crippen LogP contribution in [-0.4, -0.2) is 62.0 Å². The van der Waals surface area contributed by atoms with Crippen molar-refractivity contribution in [2.75, 3.05) is 23.8 Å². The highest BCUT2D eigenvalue weighted by molar-refractivity contribution is 5.92. The molecule has 14 heteroatoms. The second-order valence-electron chi connectivity index (χ2n) is 8.87. The molecule has 0 unspecified atom stereocenters. The van der Waals surface area contributed by atoms with Gasteiger partial charge in [-0.1, -0.05) is 0 Å². The lowest BCUT2D eigenvalue weighted by atomic mass is 10.2. The van der Waals surface area contributed by atoms with Crippen LogP contribution in [0.4, 0.5) is 24.9 Å². The molecule has 5 rings (SSSR count). The number of carbonyl (C=O) groups is 1. The van der Waals surface area contributed by atoms with E-state index in [2.05, 4.69) is 36.1 Å². The van der Waals surface area contributed by atoms with E-state index in [0.29, 0.717) is 25.0 Å². The van der Waals surface area contributed by atoms with E-state index < -0.39 is 17.3 Å². The molecule has 3 aromatic heterocycles. The average molecular weight is 516 g/mol. The summed E-state index contributed by atoms with van der Waals surface area (Å²) >= 11 is 0. The van der Waals surface area contributed by atoms with Gasteiger partial charge in [0.25, 0.3) is 11.5 Å². The number of alkyl halides is 3. The molecule has 1 aliphatic heterocycles. The van der Waals surface area contributed by atoms with Crippen LogP contribution in [0.3, 0.4) is 0 Å². The van der Waals surface area contributed by atoms with Crippen molar-refractivity contribution in [2.45, 2.75) is 43.6 Å². The van der Waals surface area contributed by atoms with Gasteiger partial charge >= 0.3 is 6.18 Å². The molecular formula is C23H23F3N8O3. The summed E-state index contributed by atoms with van der Waals surface area (Å²) in [5.41, 5.74) is -2.02. The van der Waals surface area contributed by atoms with Crippen LogP contribution >= 0.6 is 0 Å². The summed E-state index contributed by atoms with van der Waals surface area (Å²) in [7, 11) is 0. The van der Waals surface area contributed by atoms with Gasteiger partial charge in [-0.3, -0.25) is 14.2 Å². The summed E-state index contributed by atoms with van der Waals surface area (Å²) in [6, 6.07) is 5.25. The minimum atomic E-state index is -4.73. The second kappa shape index (κ2) is 10.1. The van der Waals surface area contributed by atoms with E-state index in [1.807, 2.05) is 0 Å². The van der Waals surface area contributed by atoms with Crippen molar-refractivity contribution in [3.05, 3.63) is 64.5 Å². The first-order valence-electron chi connectivity index (χ1n) is 11.6. The third kappa shape index (κ3) is 5.69. The molecular weight excluding hydrogens is 493 g/mol. The second-order valence-corrected chi connectivity index (χ2v) is 8.87. The molecule has 0 radical (unpaired) electrons. The number of hydrogen-bond donors (Lipinski definition) is 3. The van der Waals surface area contributed by atoms with Crippen molar-refractivity contribution >= 4 is 17.7 Å². The summed E-state index contributed by atoms with van der Waals surface area (Å²) < 4.78 is 45.0. The Morgan fingerprint density at radius 3 is 2.41 bits per heavy atom. The van der Waals surface area contributed by atoms with E-state index in [1.54, 1.807) is 6.07 Å². The van der Waals surface area contributed by atoms with Crippen LogP contribution in [-0.2, 0) is 10.9 Å². The van der Waals surface area contributed by atoms with Gasteiger partial charge in [0, 0.05) is 18.3 Å². The average Bonchev–Trinajstić information content (AvgIpc) is 3.28. The highest BCUT2D eigenvalue weighted by atomic mass is 19.4.